The predicted molar refractivity (Wildman–Crippen MR) is 101 cm³/mol. The summed E-state index contributed by atoms with van der Waals surface area (Å²) < 4.78 is 13.6. The minimum atomic E-state index is -0.307. The van der Waals surface area contributed by atoms with E-state index < -0.39 is 0 Å². The fraction of sp³-hybridized carbons (Fsp3) is 0.350. The van der Waals surface area contributed by atoms with E-state index in [1.54, 1.807) is 19.1 Å². The first-order valence-electron chi connectivity index (χ1n) is 8.55. The highest BCUT2D eigenvalue weighted by Gasteiger charge is 2.14. The van der Waals surface area contributed by atoms with Crippen molar-refractivity contribution in [2.75, 3.05) is 37.4 Å². The summed E-state index contributed by atoms with van der Waals surface area (Å²) in [5, 5.41) is 2.78. The molecule has 2 rings (SSSR count). The van der Waals surface area contributed by atoms with Crippen molar-refractivity contribution in [2.45, 2.75) is 20.4 Å². The molecule has 1 unspecified atom stereocenters. The number of quaternary nitrogens is 1. The highest BCUT2D eigenvalue weighted by Crippen LogP contribution is 2.13. The van der Waals surface area contributed by atoms with Gasteiger partial charge < -0.3 is 15.1 Å². The molecule has 1 atom stereocenters. The van der Waals surface area contributed by atoms with Crippen LogP contribution in [-0.4, -0.2) is 33.1 Å². The average molecular weight is 344 g/mol. The lowest BCUT2D eigenvalue weighted by molar-refractivity contribution is -0.903. The van der Waals surface area contributed by atoms with Crippen molar-refractivity contribution in [3.63, 3.8) is 0 Å². The van der Waals surface area contributed by atoms with Crippen molar-refractivity contribution in [3.8, 4) is 0 Å². The number of anilines is 2. The quantitative estimate of drug-likeness (QED) is 0.808. The van der Waals surface area contributed by atoms with Crippen LogP contribution < -0.4 is 15.1 Å². The van der Waals surface area contributed by atoms with Gasteiger partial charge in [0.05, 0.1) is 6.54 Å². The molecule has 4 nitrogen and oxygen atoms in total. The summed E-state index contributed by atoms with van der Waals surface area (Å²) >= 11 is 0. The van der Waals surface area contributed by atoms with Crippen LogP contribution in [0.3, 0.4) is 0 Å². The predicted octanol–water partition coefficient (Wildman–Crippen LogP) is 2.24. The van der Waals surface area contributed by atoms with Gasteiger partial charge in [-0.2, -0.15) is 0 Å². The molecule has 0 heterocycles. The molecule has 0 saturated carbocycles. The minimum Gasteiger partial charge on any atom is -0.378 e. The lowest BCUT2D eigenvalue weighted by atomic mass is 10.2. The number of amides is 1. The zero-order valence-electron chi connectivity index (χ0n) is 15.4. The number of halogens is 1. The summed E-state index contributed by atoms with van der Waals surface area (Å²) in [5.41, 5.74) is 3.41. The van der Waals surface area contributed by atoms with E-state index in [-0.39, 0.29) is 11.7 Å². The number of benzene rings is 2. The molecule has 25 heavy (non-hydrogen) atoms. The van der Waals surface area contributed by atoms with E-state index >= 15 is 0 Å². The normalized spacial score (nSPS) is 11.9. The van der Waals surface area contributed by atoms with Gasteiger partial charge >= 0.3 is 0 Å². The number of likely N-dealkylation sites (N-methyl/N-ethyl adjacent to an activating group) is 1. The lowest BCUT2D eigenvalue weighted by Crippen LogP contribution is -3.11. The highest BCUT2D eigenvalue weighted by atomic mass is 19.1. The third-order valence-corrected chi connectivity index (χ3v) is 4.27. The van der Waals surface area contributed by atoms with Gasteiger partial charge in [-0.25, -0.2) is 4.39 Å². The Hall–Kier alpha value is -2.40. The summed E-state index contributed by atoms with van der Waals surface area (Å²) in [4.78, 5) is 15.5. The minimum absolute atomic E-state index is 0.106. The molecule has 0 aliphatic heterocycles. The van der Waals surface area contributed by atoms with Crippen molar-refractivity contribution < 1.29 is 14.1 Å². The molecule has 134 valence electrons. The largest absolute Gasteiger partial charge is 0.378 e. The van der Waals surface area contributed by atoms with E-state index in [0.29, 0.717) is 17.8 Å². The topological polar surface area (TPSA) is 36.8 Å². The number of hydrogen-bond donors (Lipinski definition) is 2. The molecule has 2 N–H and O–H groups in total. The molecule has 0 radical (unpaired) electrons. The number of nitrogens with one attached hydrogen (secondary N) is 2. The van der Waals surface area contributed by atoms with Crippen molar-refractivity contribution in [1.29, 1.82) is 0 Å². The SMILES string of the molecule is CC[NH+](CC(=O)Nc1ccc(C)c(F)c1)Cc1ccc(N(C)C)cc1. The zero-order chi connectivity index (χ0) is 18.4. The van der Waals surface area contributed by atoms with Crippen LogP contribution in [0, 0.1) is 12.7 Å². The van der Waals surface area contributed by atoms with Gasteiger partial charge in [0.15, 0.2) is 6.54 Å². The Labute approximate surface area is 149 Å². The van der Waals surface area contributed by atoms with E-state index in [1.165, 1.54) is 11.6 Å². The van der Waals surface area contributed by atoms with Crippen molar-refractivity contribution >= 4 is 17.3 Å². The third kappa shape index (κ3) is 5.57. The van der Waals surface area contributed by atoms with E-state index in [0.717, 1.165) is 23.7 Å². The van der Waals surface area contributed by atoms with Crippen LogP contribution >= 0.6 is 0 Å². The molecule has 0 aliphatic rings. The molecule has 0 spiro atoms. The zero-order valence-corrected chi connectivity index (χ0v) is 15.4. The Morgan fingerprint density at radius 3 is 2.40 bits per heavy atom. The number of carbonyl (C=O) groups excluding carboxylic acids is 1. The summed E-state index contributed by atoms with van der Waals surface area (Å²) in [7, 11) is 4.02. The first kappa shape index (κ1) is 18.9. The second-order valence-corrected chi connectivity index (χ2v) is 6.53. The van der Waals surface area contributed by atoms with Gasteiger partial charge in [0.25, 0.3) is 5.91 Å². The van der Waals surface area contributed by atoms with Crippen LogP contribution in [0.2, 0.25) is 0 Å². The second-order valence-electron chi connectivity index (χ2n) is 6.53. The fourth-order valence-electron chi connectivity index (χ4n) is 2.62. The first-order chi connectivity index (χ1) is 11.9. The standard InChI is InChI=1S/C20H26FN3O/c1-5-24(13-16-7-10-18(11-8-16)23(3)4)14-20(25)22-17-9-6-15(2)19(21)12-17/h6-12H,5,13-14H2,1-4H3,(H,22,25)/p+1. The molecular formula is C20H27FN3O+. The maximum Gasteiger partial charge on any atom is 0.279 e. The number of carbonyl (C=O) groups is 1. The Bertz CT molecular complexity index is 713. The van der Waals surface area contributed by atoms with Crippen LogP contribution in [0.15, 0.2) is 42.5 Å². The van der Waals surface area contributed by atoms with Crippen molar-refractivity contribution in [1.82, 2.24) is 0 Å². The molecule has 0 aromatic heterocycles. The van der Waals surface area contributed by atoms with E-state index in [2.05, 4.69) is 41.4 Å². The maximum atomic E-state index is 13.6. The maximum absolute atomic E-state index is 13.6. The molecule has 5 heteroatoms. The summed E-state index contributed by atoms with van der Waals surface area (Å²) in [6.45, 7) is 5.72. The molecule has 0 saturated heterocycles. The molecule has 2 aromatic rings. The molecule has 0 aliphatic carbocycles. The average Bonchev–Trinajstić information content (AvgIpc) is 2.58. The van der Waals surface area contributed by atoms with Gasteiger partial charge in [-0.3, -0.25) is 4.79 Å². The first-order valence-corrected chi connectivity index (χ1v) is 8.55. The van der Waals surface area contributed by atoms with Crippen LogP contribution in [-0.2, 0) is 11.3 Å². The van der Waals surface area contributed by atoms with Gasteiger partial charge in [0, 0.05) is 31.0 Å². The van der Waals surface area contributed by atoms with E-state index in [4.69, 9.17) is 0 Å². The van der Waals surface area contributed by atoms with Gasteiger partial charge in [0.1, 0.15) is 12.4 Å². The van der Waals surface area contributed by atoms with Gasteiger partial charge in [-0.1, -0.05) is 18.2 Å². The molecule has 0 fully saturated rings. The van der Waals surface area contributed by atoms with Gasteiger partial charge in [0.2, 0.25) is 0 Å². The number of aryl methyl sites for hydroxylation is 1. The Morgan fingerprint density at radius 1 is 1.16 bits per heavy atom. The number of nitrogens with zero attached hydrogens (tertiary/aromatic N) is 1. The fourth-order valence-corrected chi connectivity index (χ4v) is 2.62. The Morgan fingerprint density at radius 2 is 1.84 bits per heavy atom. The van der Waals surface area contributed by atoms with E-state index in [9.17, 15) is 9.18 Å². The van der Waals surface area contributed by atoms with Gasteiger partial charge in [-0.15, -0.1) is 0 Å². The Kier molecular flexibility index (Phi) is 6.53. The monoisotopic (exact) mass is 344 g/mol. The van der Waals surface area contributed by atoms with Crippen molar-refractivity contribution in [3.05, 3.63) is 59.4 Å². The summed E-state index contributed by atoms with van der Waals surface area (Å²) in [6, 6.07) is 13.1. The summed E-state index contributed by atoms with van der Waals surface area (Å²) in [6.07, 6.45) is 0. The lowest BCUT2D eigenvalue weighted by Gasteiger charge is -2.18. The molecule has 2 aromatic carbocycles. The molecular weight excluding hydrogens is 317 g/mol. The summed E-state index contributed by atoms with van der Waals surface area (Å²) in [5.74, 6) is -0.413. The second kappa shape index (κ2) is 8.62. The van der Waals surface area contributed by atoms with Crippen LogP contribution in [0.4, 0.5) is 15.8 Å². The van der Waals surface area contributed by atoms with Crippen LogP contribution in [0.1, 0.15) is 18.1 Å². The third-order valence-electron chi connectivity index (χ3n) is 4.27. The highest BCUT2D eigenvalue weighted by molar-refractivity contribution is 5.91. The number of hydrogen-bond acceptors (Lipinski definition) is 2. The smallest absolute Gasteiger partial charge is 0.279 e. The van der Waals surface area contributed by atoms with Gasteiger partial charge in [-0.05, 0) is 43.7 Å². The van der Waals surface area contributed by atoms with Crippen LogP contribution in [0.5, 0.6) is 0 Å². The van der Waals surface area contributed by atoms with Crippen molar-refractivity contribution in [2.24, 2.45) is 0 Å². The molecule has 1 amide bonds. The number of rotatable bonds is 7. The Balaban J connectivity index is 1.93. The van der Waals surface area contributed by atoms with Crippen LogP contribution in [0.25, 0.3) is 0 Å². The molecule has 0 bridgehead atoms. The van der Waals surface area contributed by atoms with E-state index in [1.807, 2.05) is 14.1 Å².